The molecule has 0 amide bonds. The van der Waals surface area contributed by atoms with Gasteiger partial charge >= 0.3 is 11.9 Å². The van der Waals surface area contributed by atoms with Crippen LogP contribution in [0.15, 0.2) is 0 Å². The van der Waals surface area contributed by atoms with Gasteiger partial charge in [-0.05, 0) is 20.3 Å². The Morgan fingerprint density at radius 1 is 1.20 bits per heavy atom. The van der Waals surface area contributed by atoms with Crippen LogP contribution in [0.1, 0.15) is 27.2 Å². The smallest absolute Gasteiger partial charge is 0.316 e. The number of esters is 2. The summed E-state index contributed by atoms with van der Waals surface area (Å²) in [6.07, 6.45) is 0.715. The van der Waals surface area contributed by atoms with Gasteiger partial charge in [0.05, 0.1) is 5.41 Å². The zero-order chi connectivity index (χ0) is 11.9. The van der Waals surface area contributed by atoms with Crippen LogP contribution in [0, 0.1) is 5.41 Å². The van der Waals surface area contributed by atoms with E-state index in [0.717, 1.165) is 0 Å². The first-order valence-corrected chi connectivity index (χ1v) is 5.95. The Morgan fingerprint density at radius 3 is 2.20 bits per heavy atom. The molecule has 0 aliphatic carbocycles. The highest BCUT2D eigenvalue weighted by molar-refractivity contribution is 9.09. The molecule has 0 spiro atoms. The van der Waals surface area contributed by atoms with Crippen molar-refractivity contribution in [2.24, 2.45) is 5.41 Å². The maximum absolute atomic E-state index is 11.4. The van der Waals surface area contributed by atoms with E-state index >= 15 is 0 Å². The summed E-state index contributed by atoms with van der Waals surface area (Å²) in [7, 11) is 0. The van der Waals surface area contributed by atoms with Gasteiger partial charge in [-0.1, -0.05) is 22.9 Å². The van der Waals surface area contributed by atoms with Crippen molar-refractivity contribution in [3.8, 4) is 0 Å². The van der Waals surface area contributed by atoms with Gasteiger partial charge in [0.2, 0.25) is 0 Å². The lowest BCUT2D eigenvalue weighted by molar-refractivity contribution is -0.158. The maximum atomic E-state index is 11.4. The summed E-state index contributed by atoms with van der Waals surface area (Å²) >= 11 is 2.96. The molecule has 88 valence electrons. The molecule has 0 aliphatic rings. The molecule has 0 saturated heterocycles. The minimum absolute atomic E-state index is 0.107. The summed E-state index contributed by atoms with van der Waals surface area (Å²) in [5.41, 5.74) is -0.473. The molecule has 0 aliphatic heterocycles. The third-order valence-corrected chi connectivity index (χ3v) is 2.58. The van der Waals surface area contributed by atoms with E-state index in [-0.39, 0.29) is 30.5 Å². The van der Waals surface area contributed by atoms with Crippen LogP contribution in [0.5, 0.6) is 0 Å². The first kappa shape index (κ1) is 14.4. The maximum Gasteiger partial charge on any atom is 0.316 e. The van der Waals surface area contributed by atoms with Gasteiger partial charge < -0.3 is 9.47 Å². The average molecular weight is 281 g/mol. The number of carbonyl (C=O) groups is 2. The van der Waals surface area contributed by atoms with E-state index in [1.54, 1.807) is 0 Å². The molecule has 0 saturated carbocycles. The van der Waals surface area contributed by atoms with Gasteiger partial charge in [-0.15, -0.1) is 0 Å². The van der Waals surface area contributed by atoms with Crippen LogP contribution in [-0.2, 0) is 19.1 Å². The molecule has 4 nitrogen and oxygen atoms in total. The monoisotopic (exact) mass is 280 g/mol. The Balaban J connectivity index is 3.69. The third-order valence-electron chi connectivity index (χ3n) is 2.13. The fraction of sp³-hybridized carbons (Fsp3) is 0.800. The van der Waals surface area contributed by atoms with E-state index in [9.17, 15) is 9.59 Å². The Labute approximate surface area is 98.4 Å². The highest BCUT2D eigenvalue weighted by atomic mass is 79.9. The van der Waals surface area contributed by atoms with Gasteiger partial charge in [0, 0.05) is 0 Å². The number of ether oxygens (including phenoxy) is 2. The minimum atomic E-state index is -0.473. The first-order chi connectivity index (χ1) is 6.94. The molecule has 0 unspecified atom stereocenters. The summed E-state index contributed by atoms with van der Waals surface area (Å²) in [5.74, 6) is -0.624. The van der Waals surface area contributed by atoms with Crippen molar-refractivity contribution < 1.29 is 19.1 Å². The Hall–Kier alpha value is -0.580. The van der Waals surface area contributed by atoms with E-state index in [1.165, 1.54) is 0 Å². The molecular formula is C10H17BrO4. The van der Waals surface area contributed by atoms with Gasteiger partial charge in [-0.3, -0.25) is 9.59 Å². The summed E-state index contributed by atoms with van der Waals surface area (Å²) in [6, 6.07) is 0. The predicted octanol–water partition coefficient (Wildman–Crippen LogP) is 1.90. The zero-order valence-electron chi connectivity index (χ0n) is 9.34. The normalized spacial score (nSPS) is 10.9. The molecule has 0 aromatic rings. The van der Waals surface area contributed by atoms with Crippen LogP contribution in [0.25, 0.3) is 0 Å². The second kappa shape index (κ2) is 6.82. The van der Waals surface area contributed by atoms with Crippen molar-refractivity contribution >= 4 is 27.9 Å². The molecule has 5 heteroatoms. The van der Waals surface area contributed by atoms with Crippen molar-refractivity contribution in [1.29, 1.82) is 0 Å². The van der Waals surface area contributed by atoms with Crippen LogP contribution in [0.3, 0.4) is 0 Å². The minimum Gasteiger partial charge on any atom is -0.462 e. The molecule has 0 bridgehead atoms. The number of halogens is 1. The van der Waals surface area contributed by atoms with Crippen molar-refractivity contribution in [2.75, 3.05) is 18.5 Å². The summed E-state index contributed by atoms with van der Waals surface area (Å²) < 4.78 is 9.69. The molecule has 0 rings (SSSR count). The zero-order valence-corrected chi connectivity index (χ0v) is 10.9. The van der Waals surface area contributed by atoms with E-state index in [1.807, 2.05) is 20.8 Å². The highest BCUT2D eigenvalue weighted by Gasteiger charge is 2.26. The van der Waals surface area contributed by atoms with E-state index in [2.05, 4.69) is 15.9 Å². The van der Waals surface area contributed by atoms with Crippen LogP contribution in [-0.4, -0.2) is 30.5 Å². The van der Waals surface area contributed by atoms with Gasteiger partial charge in [0.1, 0.15) is 18.5 Å². The lowest BCUT2D eigenvalue weighted by atomic mass is 9.91. The van der Waals surface area contributed by atoms with Gasteiger partial charge in [-0.25, -0.2) is 0 Å². The second-order valence-corrected chi connectivity index (χ2v) is 4.29. The predicted molar refractivity (Wildman–Crippen MR) is 59.8 cm³/mol. The van der Waals surface area contributed by atoms with Crippen LogP contribution < -0.4 is 0 Å². The number of rotatable bonds is 6. The van der Waals surface area contributed by atoms with Gasteiger partial charge in [-0.2, -0.15) is 0 Å². The lowest BCUT2D eigenvalue weighted by Gasteiger charge is -2.20. The summed E-state index contributed by atoms with van der Waals surface area (Å²) in [4.78, 5) is 22.1. The lowest BCUT2D eigenvalue weighted by Crippen LogP contribution is -2.27. The SMILES string of the molecule is CCC(C)(C)C(=O)OCCOC(=O)CBr. The largest absolute Gasteiger partial charge is 0.462 e. The van der Waals surface area contributed by atoms with Gasteiger partial charge in [0.25, 0.3) is 0 Å². The van der Waals surface area contributed by atoms with Crippen LogP contribution >= 0.6 is 15.9 Å². The molecule has 0 fully saturated rings. The molecule has 0 heterocycles. The topological polar surface area (TPSA) is 52.6 Å². The van der Waals surface area contributed by atoms with Crippen molar-refractivity contribution in [3.63, 3.8) is 0 Å². The molecule has 0 aromatic carbocycles. The third kappa shape index (κ3) is 5.77. The number of alkyl halides is 1. The molecule has 0 aromatic heterocycles. The molecule has 0 radical (unpaired) electrons. The average Bonchev–Trinajstić information content (AvgIpc) is 2.23. The van der Waals surface area contributed by atoms with Crippen LogP contribution in [0.2, 0.25) is 0 Å². The quantitative estimate of drug-likeness (QED) is 0.424. The van der Waals surface area contributed by atoms with Crippen molar-refractivity contribution in [3.05, 3.63) is 0 Å². The second-order valence-electron chi connectivity index (χ2n) is 3.73. The Kier molecular flexibility index (Phi) is 6.56. The Bertz CT molecular complexity index is 225. The molecule has 0 atom stereocenters. The molecular weight excluding hydrogens is 264 g/mol. The number of hydrogen-bond donors (Lipinski definition) is 0. The van der Waals surface area contributed by atoms with Crippen LogP contribution in [0.4, 0.5) is 0 Å². The molecule has 15 heavy (non-hydrogen) atoms. The van der Waals surface area contributed by atoms with E-state index in [0.29, 0.717) is 6.42 Å². The van der Waals surface area contributed by atoms with E-state index in [4.69, 9.17) is 9.47 Å². The molecule has 0 N–H and O–H groups in total. The number of hydrogen-bond acceptors (Lipinski definition) is 4. The fourth-order valence-electron chi connectivity index (χ4n) is 0.668. The summed E-state index contributed by atoms with van der Waals surface area (Å²) in [5, 5.41) is 0.154. The number of carbonyl (C=O) groups excluding carboxylic acids is 2. The Morgan fingerprint density at radius 2 is 1.73 bits per heavy atom. The fourth-order valence-corrected chi connectivity index (χ4v) is 0.830. The van der Waals surface area contributed by atoms with Crippen molar-refractivity contribution in [2.45, 2.75) is 27.2 Å². The van der Waals surface area contributed by atoms with E-state index < -0.39 is 5.41 Å². The summed E-state index contributed by atoms with van der Waals surface area (Å²) in [6.45, 7) is 5.78. The standard InChI is InChI=1S/C10H17BrO4/c1-4-10(2,3)9(13)15-6-5-14-8(12)7-11/h4-7H2,1-3H3. The highest BCUT2D eigenvalue weighted by Crippen LogP contribution is 2.21. The van der Waals surface area contributed by atoms with Crippen molar-refractivity contribution in [1.82, 2.24) is 0 Å². The first-order valence-electron chi connectivity index (χ1n) is 4.83. The van der Waals surface area contributed by atoms with Gasteiger partial charge in [0.15, 0.2) is 0 Å².